The average molecular weight is 363 g/mol. The van der Waals surface area contributed by atoms with Crippen LogP contribution < -0.4 is 10.0 Å². The number of rotatable bonds is 9. The van der Waals surface area contributed by atoms with Gasteiger partial charge in [0.05, 0.1) is 16.3 Å². The Bertz CT molecular complexity index is 654. The first-order valence-corrected chi connectivity index (χ1v) is 9.49. The van der Waals surface area contributed by atoms with E-state index in [0.29, 0.717) is 18.8 Å². The monoisotopic (exact) mass is 362 g/mol. The molecule has 3 N–H and O–H groups in total. The van der Waals surface area contributed by atoms with E-state index in [2.05, 4.69) is 0 Å². The molecule has 0 amide bonds. The average Bonchev–Trinajstić information content (AvgIpc) is 2.46. The summed E-state index contributed by atoms with van der Waals surface area (Å²) in [4.78, 5) is 12.9. The fraction of sp³-hybridized carbons (Fsp3) is 0.533. The van der Waals surface area contributed by atoms with E-state index in [1.54, 1.807) is 0 Å². The molecule has 0 bridgehead atoms. The lowest BCUT2D eigenvalue weighted by atomic mass is 10.1. The van der Waals surface area contributed by atoms with Crippen molar-refractivity contribution in [1.29, 1.82) is 0 Å². The van der Waals surface area contributed by atoms with Gasteiger partial charge in [0.25, 0.3) is 0 Å². The van der Waals surface area contributed by atoms with Gasteiger partial charge in [-0.3, -0.25) is 0 Å². The lowest BCUT2D eigenvalue weighted by Gasteiger charge is -2.26. The summed E-state index contributed by atoms with van der Waals surface area (Å²) in [5, 5.41) is 14.4. The highest BCUT2D eigenvalue weighted by Crippen LogP contribution is 2.34. The van der Waals surface area contributed by atoms with Gasteiger partial charge in [0.1, 0.15) is 4.90 Å². The largest absolute Gasteiger partial charge is 0.478 e. The molecule has 0 radical (unpaired) electrons. The smallest absolute Gasteiger partial charge is 0.335 e. The molecule has 1 aromatic rings. The molecule has 1 aromatic carbocycles. The highest BCUT2D eigenvalue weighted by molar-refractivity contribution is 7.89. The van der Waals surface area contributed by atoms with Crippen molar-refractivity contribution in [2.45, 2.75) is 44.4 Å². The molecule has 0 heterocycles. The van der Waals surface area contributed by atoms with Crippen LogP contribution in [-0.4, -0.2) is 32.6 Å². The zero-order valence-electron chi connectivity index (χ0n) is 13.4. The van der Waals surface area contributed by atoms with Gasteiger partial charge in [0.15, 0.2) is 0 Å². The number of nitrogens with two attached hydrogens (primary N) is 1. The highest BCUT2D eigenvalue weighted by Gasteiger charge is 2.22. The van der Waals surface area contributed by atoms with Gasteiger partial charge in [0, 0.05) is 13.1 Å². The number of benzene rings is 1. The van der Waals surface area contributed by atoms with Gasteiger partial charge in [-0.1, -0.05) is 38.3 Å². The number of aromatic carboxylic acids is 1. The van der Waals surface area contributed by atoms with Crippen LogP contribution >= 0.6 is 11.6 Å². The van der Waals surface area contributed by atoms with Gasteiger partial charge in [-0.2, -0.15) is 0 Å². The molecule has 1 rings (SSSR count). The summed E-state index contributed by atoms with van der Waals surface area (Å²) in [6, 6.07) is 2.41. The SMILES string of the molecule is CCCCN(CCCC)c1cc(C(=O)O)cc(S(N)(=O)=O)c1Cl. The van der Waals surface area contributed by atoms with Crippen molar-refractivity contribution in [3.63, 3.8) is 0 Å². The Morgan fingerprint density at radius 2 is 1.74 bits per heavy atom. The van der Waals surface area contributed by atoms with Crippen LogP contribution in [0.5, 0.6) is 0 Å². The fourth-order valence-corrected chi connectivity index (χ4v) is 3.39. The molecule has 0 saturated carbocycles. The third-order valence-electron chi connectivity index (χ3n) is 3.48. The van der Waals surface area contributed by atoms with E-state index in [0.717, 1.165) is 31.7 Å². The maximum atomic E-state index is 11.7. The minimum atomic E-state index is -4.11. The molecule has 0 atom stereocenters. The van der Waals surface area contributed by atoms with Gasteiger partial charge >= 0.3 is 5.97 Å². The van der Waals surface area contributed by atoms with Crippen LogP contribution in [0.4, 0.5) is 5.69 Å². The van der Waals surface area contributed by atoms with Crippen LogP contribution in [0.25, 0.3) is 0 Å². The molecule has 0 aliphatic carbocycles. The number of carbonyl (C=O) groups is 1. The Kier molecular flexibility index (Phi) is 7.31. The first kappa shape index (κ1) is 19.7. The summed E-state index contributed by atoms with van der Waals surface area (Å²) in [6.45, 7) is 5.43. The topological polar surface area (TPSA) is 101 Å². The summed E-state index contributed by atoms with van der Waals surface area (Å²) < 4.78 is 23.4. The van der Waals surface area contributed by atoms with Crippen LogP contribution in [0.2, 0.25) is 5.02 Å². The molecule has 130 valence electrons. The van der Waals surface area contributed by atoms with Crippen molar-refractivity contribution < 1.29 is 18.3 Å². The Morgan fingerprint density at radius 3 is 2.13 bits per heavy atom. The second-order valence-corrected chi connectivity index (χ2v) is 7.26. The molecule has 8 heteroatoms. The standard InChI is InChI=1S/C15H23ClN2O4S/c1-3-5-7-18(8-6-4-2)12-9-11(15(19)20)10-13(14(12)16)23(17,21)22/h9-10H,3-8H2,1-2H3,(H,19,20)(H2,17,21,22). The number of carboxylic acids is 1. The lowest BCUT2D eigenvalue weighted by Crippen LogP contribution is -2.27. The zero-order chi connectivity index (χ0) is 17.6. The molecular formula is C15H23ClN2O4S. The third-order valence-corrected chi connectivity index (χ3v) is 4.92. The number of unbranched alkanes of at least 4 members (excludes halogenated alkanes) is 2. The van der Waals surface area contributed by atoms with Gasteiger partial charge in [-0.05, 0) is 25.0 Å². The van der Waals surface area contributed by atoms with Crippen molar-refractivity contribution in [3.8, 4) is 0 Å². The van der Waals surface area contributed by atoms with E-state index < -0.39 is 16.0 Å². The Balaban J connectivity index is 3.45. The molecule has 23 heavy (non-hydrogen) atoms. The summed E-state index contributed by atoms with van der Waals surface area (Å²) in [6.07, 6.45) is 3.70. The van der Waals surface area contributed by atoms with E-state index in [1.165, 1.54) is 6.07 Å². The number of primary sulfonamides is 1. The minimum absolute atomic E-state index is 0.0234. The summed E-state index contributed by atoms with van der Waals surface area (Å²) in [5.41, 5.74) is 0.254. The number of hydrogen-bond donors (Lipinski definition) is 2. The molecule has 0 fully saturated rings. The summed E-state index contributed by atoms with van der Waals surface area (Å²) >= 11 is 6.23. The number of carboxylic acid groups (broad SMARTS) is 1. The van der Waals surface area contributed by atoms with Gasteiger partial charge in [-0.15, -0.1) is 0 Å². The number of sulfonamides is 1. The molecular weight excluding hydrogens is 340 g/mol. The third kappa shape index (κ3) is 5.37. The van der Waals surface area contributed by atoms with Crippen LogP contribution in [0, 0.1) is 0 Å². The number of anilines is 1. The van der Waals surface area contributed by atoms with E-state index >= 15 is 0 Å². The van der Waals surface area contributed by atoms with E-state index in [9.17, 15) is 18.3 Å². The van der Waals surface area contributed by atoms with E-state index in [1.807, 2.05) is 18.7 Å². The van der Waals surface area contributed by atoms with Crippen molar-refractivity contribution in [1.82, 2.24) is 0 Å². The molecule has 0 aliphatic heterocycles. The second-order valence-electron chi connectivity index (χ2n) is 5.35. The normalized spacial score (nSPS) is 11.5. The van der Waals surface area contributed by atoms with Crippen LogP contribution in [0.1, 0.15) is 49.9 Å². The van der Waals surface area contributed by atoms with Gasteiger partial charge < -0.3 is 10.0 Å². The number of nitrogens with zero attached hydrogens (tertiary/aromatic N) is 1. The van der Waals surface area contributed by atoms with Gasteiger partial charge in [-0.25, -0.2) is 18.4 Å². The predicted octanol–water partition coefficient (Wildman–Crippen LogP) is 3.09. The summed E-state index contributed by atoms with van der Waals surface area (Å²) in [5.74, 6) is -1.22. The van der Waals surface area contributed by atoms with Crippen molar-refractivity contribution in [2.24, 2.45) is 5.14 Å². The molecule has 0 aliphatic rings. The minimum Gasteiger partial charge on any atom is -0.478 e. The summed E-state index contributed by atoms with van der Waals surface area (Å²) in [7, 11) is -4.11. The first-order valence-electron chi connectivity index (χ1n) is 7.56. The second kappa shape index (κ2) is 8.52. The lowest BCUT2D eigenvalue weighted by molar-refractivity contribution is 0.0696. The predicted molar refractivity (Wildman–Crippen MR) is 91.8 cm³/mol. The van der Waals surface area contributed by atoms with Crippen molar-refractivity contribution in [3.05, 3.63) is 22.7 Å². The first-order chi connectivity index (χ1) is 10.7. The highest BCUT2D eigenvalue weighted by atomic mass is 35.5. The van der Waals surface area contributed by atoms with Crippen LogP contribution in [0.3, 0.4) is 0 Å². The molecule has 0 aromatic heterocycles. The van der Waals surface area contributed by atoms with Crippen molar-refractivity contribution in [2.75, 3.05) is 18.0 Å². The Labute approximate surface area is 142 Å². The molecule has 6 nitrogen and oxygen atoms in total. The maximum Gasteiger partial charge on any atom is 0.335 e. The van der Waals surface area contributed by atoms with Gasteiger partial charge in [0.2, 0.25) is 10.0 Å². The Morgan fingerprint density at radius 1 is 1.22 bits per heavy atom. The molecule has 0 unspecified atom stereocenters. The van der Waals surface area contributed by atoms with Crippen LogP contribution in [-0.2, 0) is 10.0 Å². The number of halogens is 1. The van der Waals surface area contributed by atoms with Crippen molar-refractivity contribution >= 4 is 33.3 Å². The number of hydrogen-bond acceptors (Lipinski definition) is 4. The van der Waals surface area contributed by atoms with E-state index in [-0.39, 0.29) is 15.5 Å². The van der Waals surface area contributed by atoms with Crippen LogP contribution in [0.15, 0.2) is 17.0 Å². The maximum absolute atomic E-state index is 11.7. The quantitative estimate of drug-likeness (QED) is 0.702. The van der Waals surface area contributed by atoms with E-state index in [4.69, 9.17) is 16.7 Å². The zero-order valence-corrected chi connectivity index (χ0v) is 15.0. The molecule has 0 spiro atoms. The fourth-order valence-electron chi connectivity index (χ4n) is 2.19. The Hall–Kier alpha value is -1.31. The molecule has 0 saturated heterocycles.